The molecule has 16 heavy (non-hydrogen) atoms. The molecule has 2 saturated heterocycles. The van der Waals surface area contributed by atoms with Crippen molar-refractivity contribution in [1.29, 1.82) is 0 Å². The molecule has 93 valence electrons. The Bertz CT molecular complexity index is 190. The third-order valence-corrected chi connectivity index (χ3v) is 3.37. The molecule has 2 rings (SSSR count). The predicted molar refractivity (Wildman–Crippen MR) is 54.5 cm³/mol. The lowest BCUT2D eigenvalue weighted by molar-refractivity contribution is -0.336. The lowest BCUT2D eigenvalue weighted by atomic mass is 9.87. The molecule has 2 heterocycles. The van der Waals surface area contributed by atoms with E-state index in [9.17, 15) is 5.11 Å². The lowest BCUT2D eigenvalue weighted by Crippen LogP contribution is -2.55. The van der Waals surface area contributed by atoms with Crippen molar-refractivity contribution < 1.29 is 24.1 Å². The van der Waals surface area contributed by atoms with Crippen molar-refractivity contribution in [2.75, 3.05) is 40.1 Å². The molecule has 0 aliphatic carbocycles. The fourth-order valence-corrected chi connectivity index (χ4v) is 2.38. The normalized spacial score (nSPS) is 32.2. The van der Waals surface area contributed by atoms with Gasteiger partial charge in [0.05, 0.1) is 19.8 Å². The van der Waals surface area contributed by atoms with Gasteiger partial charge in [-0.05, 0) is 12.8 Å². The molecule has 2 fully saturated rings. The molecule has 1 radical (unpaired) electrons. The summed E-state index contributed by atoms with van der Waals surface area (Å²) in [6.07, 6.45) is 0.961. The molecule has 0 amide bonds. The highest BCUT2D eigenvalue weighted by atomic mass is 16.7. The monoisotopic (exact) mass is 231 g/mol. The zero-order valence-corrected chi connectivity index (χ0v) is 9.65. The Morgan fingerprint density at radius 1 is 1.12 bits per heavy atom. The molecule has 5 nitrogen and oxygen atoms in total. The fourth-order valence-electron chi connectivity index (χ4n) is 2.38. The Morgan fingerprint density at radius 3 is 2.44 bits per heavy atom. The SMILES string of the molecule is COC([O])(C1CCOCC1)C1COCCO1. The second-order valence-electron chi connectivity index (χ2n) is 4.25. The predicted octanol–water partition coefficient (Wildman–Crippen LogP) is 0.602. The first-order valence-corrected chi connectivity index (χ1v) is 5.80. The Balaban J connectivity index is 2.03. The van der Waals surface area contributed by atoms with Gasteiger partial charge in [0.2, 0.25) is 5.79 Å². The van der Waals surface area contributed by atoms with E-state index in [1.807, 2.05) is 0 Å². The Hall–Kier alpha value is -0.200. The van der Waals surface area contributed by atoms with E-state index in [-0.39, 0.29) is 5.92 Å². The van der Waals surface area contributed by atoms with Crippen molar-refractivity contribution in [1.82, 2.24) is 0 Å². The minimum Gasteiger partial charge on any atom is -0.381 e. The number of ether oxygens (including phenoxy) is 4. The van der Waals surface area contributed by atoms with Crippen molar-refractivity contribution in [3.8, 4) is 0 Å². The van der Waals surface area contributed by atoms with E-state index in [1.165, 1.54) is 7.11 Å². The topological polar surface area (TPSA) is 56.8 Å². The quantitative estimate of drug-likeness (QED) is 0.667. The van der Waals surface area contributed by atoms with E-state index in [0.29, 0.717) is 33.0 Å². The van der Waals surface area contributed by atoms with Crippen LogP contribution in [-0.2, 0) is 24.1 Å². The zero-order chi connectivity index (χ0) is 11.4. The number of hydrogen-bond acceptors (Lipinski definition) is 4. The van der Waals surface area contributed by atoms with Crippen LogP contribution in [0.15, 0.2) is 0 Å². The summed E-state index contributed by atoms with van der Waals surface area (Å²) < 4.78 is 21.2. The molecular weight excluding hydrogens is 212 g/mol. The molecular formula is C11H19O5. The van der Waals surface area contributed by atoms with Crippen molar-refractivity contribution in [2.45, 2.75) is 24.7 Å². The third-order valence-electron chi connectivity index (χ3n) is 3.37. The fraction of sp³-hybridized carbons (Fsp3) is 1.00. The van der Waals surface area contributed by atoms with E-state index < -0.39 is 11.9 Å². The number of rotatable bonds is 3. The molecule has 0 aromatic carbocycles. The van der Waals surface area contributed by atoms with Gasteiger partial charge in [-0.2, -0.15) is 5.11 Å². The van der Waals surface area contributed by atoms with Gasteiger partial charge in [0.15, 0.2) is 0 Å². The van der Waals surface area contributed by atoms with Crippen molar-refractivity contribution in [3.63, 3.8) is 0 Å². The van der Waals surface area contributed by atoms with Gasteiger partial charge in [-0.15, -0.1) is 0 Å². The average Bonchev–Trinajstić information content (AvgIpc) is 2.40. The van der Waals surface area contributed by atoms with Gasteiger partial charge in [0.1, 0.15) is 6.10 Å². The van der Waals surface area contributed by atoms with Crippen LogP contribution in [-0.4, -0.2) is 52.0 Å². The molecule has 2 aliphatic heterocycles. The highest BCUT2D eigenvalue weighted by Crippen LogP contribution is 2.33. The average molecular weight is 231 g/mol. The summed E-state index contributed by atoms with van der Waals surface area (Å²) in [7, 11) is 1.46. The summed E-state index contributed by atoms with van der Waals surface area (Å²) in [6, 6.07) is 0. The molecule has 0 spiro atoms. The number of methoxy groups -OCH3 is 1. The van der Waals surface area contributed by atoms with E-state index in [4.69, 9.17) is 18.9 Å². The summed E-state index contributed by atoms with van der Waals surface area (Å²) in [5.74, 6) is -1.55. The van der Waals surface area contributed by atoms with Gasteiger partial charge < -0.3 is 18.9 Å². The summed E-state index contributed by atoms with van der Waals surface area (Å²) >= 11 is 0. The highest BCUT2D eigenvalue weighted by molar-refractivity contribution is 4.88. The van der Waals surface area contributed by atoms with Crippen LogP contribution in [0, 0.1) is 5.92 Å². The molecule has 0 aromatic heterocycles. The van der Waals surface area contributed by atoms with Gasteiger partial charge in [-0.1, -0.05) is 0 Å². The molecule has 0 bridgehead atoms. The first-order valence-electron chi connectivity index (χ1n) is 5.80. The largest absolute Gasteiger partial charge is 0.381 e. The van der Waals surface area contributed by atoms with Crippen LogP contribution < -0.4 is 0 Å². The van der Waals surface area contributed by atoms with Crippen LogP contribution in [0.5, 0.6) is 0 Å². The molecule has 2 aliphatic rings. The summed E-state index contributed by atoms with van der Waals surface area (Å²) in [5, 5.41) is 12.7. The first kappa shape index (κ1) is 12.3. The molecule has 0 N–H and O–H groups in total. The third kappa shape index (κ3) is 2.38. The van der Waals surface area contributed by atoms with E-state index in [2.05, 4.69) is 0 Å². The van der Waals surface area contributed by atoms with Crippen LogP contribution in [0.4, 0.5) is 0 Å². The van der Waals surface area contributed by atoms with E-state index in [0.717, 1.165) is 12.8 Å². The standard InChI is InChI=1S/C11H19O5/c1-13-11(12,9-2-4-14-5-3-9)10-8-15-6-7-16-10/h9-10H,2-8H2,1H3. The van der Waals surface area contributed by atoms with Gasteiger partial charge in [0.25, 0.3) is 0 Å². The maximum absolute atomic E-state index is 12.7. The van der Waals surface area contributed by atoms with E-state index >= 15 is 0 Å². The lowest BCUT2D eigenvalue weighted by Gasteiger charge is -2.41. The van der Waals surface area contributed by atoms with E-state index in [1.54, 1.807) is 0 Å². The van der Waals surface area contributed by atoms with Crippen LogP contribution in [0.3, 0.4) is 0 Å². The molecule has 5 heteroatoms. The number of hydrogen-bond donors (Lipinski definition) is 0. The minimum atomic E-state index is -1.50. The van der Waals surface area contributed by atoms with Gasteiger partial charge >= 0.3 is 0 Å². The Labute approximate surface area is 95.6 Å². The van der Waals surface area contributed by atoms with Gasteiger partial charge in [-0.25, -0.2) is 0 Å². The maximum atomic E-state index is 12.7. The summed E-state index contributed by atoms with van der Waals surface area (Å²) in [4.78, 5) is 0. The first-order chi connectivity index (χ1) is 7.77. The highest BCUT2D eigenvalue weighted by Gasteiger charge is 2.48. The molecule has 2 unspecified atom stereocenters. The minimum absolute atomic E-state index is 0.0575. The second kappa shape index (κ2) is 5.42. The Morgan fingerprint density at radius 2 is 1.88 bits per heavy atom. The maximum Gasteiger partial charge on any atom is 0.233 e. The van der Waals surface area contributed by atoms with Crippen LogP contribution in [0.1, 0.15) is 12.8 Å². The molecule has 0 saturated carbocycles. The Kier molecular flexibility index (Phi) is 4.16. The smallest absolute Gasteiger partial charge is 0.233 e. The van der Waals surface area contributed by atoms with Crippen LogP contribution >= 0.6 is 0 Å². The van der Waals surface area contributed by atoms with Crippen molar-refractivity contribution in [3.05, 3.63) is 0 Å². The summed E-state index contributed by atoms with van der Waals surface area (Å²) in [6.45, 7) is 2.62. The second-order valence-corrected chi connectivity index (χ2v) is 4.25. The molecule has 2 atom stereocenters. The van der Waals surface area contributed by atoms with Crippen molar-refractivity contribution in [2.24, 2.45) is 5.92 Å². The zero-order valence-electron chi connectivity index (χ0n) is 9.65. The van der Waals surface area contributed by atoms with Crippen LogP contribution in [0.25, 0.3) is 0 Å². The van der Waals surface area contributed by atoms with Crippen LogP contribution in [0.2, 0.25) is 0 Å². The van der Waals surface area contributed by atoms with Crippen molar-refractivity contribution >= 4 is 0 Å². The van der Waals surface area contributed by atoms with Gasteiger partial charge in [0, 0.05) is 26.2 Å². The summed E-state index contributed by atoms with van der Waals surface area (Å²) in [5.41, 5.74) is 0. The molecule has 0 aromatic rings. The van der Waals surface area contributed by atoms with Gasteiger partial charge in [-0.3, -0.25) is 0 Å².